The summed E-state index contributed by atoms with van der Waals surface area (Å²) in [5.74, 6) is -0.0442. The largest absolute Gasteiger partial charge is 0.504 e. The number of nitrogens with zero attached hydrogens (tertiary/aromatic N) is 1. The fraction of sp³-hybridized carbons (Fsp3) is 0.0588. The van der Waals surface area contributed by atoms with Crippen LogP contribution in [0.2, 0.25) is 0 Å². The van der Waals surface area contributed by atoms with Gasteiger partial charge in [0.05, 0.1) is 17.4 Å². The maximum absolute atomic E-state index is 11.9. The summed E-state index contributed by atoms with van der Waals surface area (Å²) in [5.41, 5.74) is 1.47. The van der Waals surface area contributed by atoms with Crippen molar-refractivity contribution in [2.75, 3.05) is 11.9 Å². The van der Waals surface area contributed by atoms with E-state index in [1.54, 1.807) is 24.4 Å². The van der Waals surface area contributed by atoms with Crippen molar-refractivity contribution in [1.29, 1.82) is 0 Å². The molecule has 110 valence electrons. The number of anilines is 1. The van der Waals surface area contributed by atoms with Gasteiger partial charge in [0.1, 0.15) is 0 Å². The molecule has 0 saturated carbocycles. The highest BCUT2D eigenvalue weighted by Crippen LogP contribution is 2.24. The quantitative estimate of drug-likeness (QED) is 0.776. The summed E-state index contributed by atoms with van der Waals surface area (Å²) in [6.07, 6.45) is 1.60. The molecule has 0 spiro atoms. The molecule has 0 fully saturated rings. The highest BCUT2D eigenvalue weighted by atomic mass is 16.5. The molecule has 0 unspecified atom stereocenters. The Morgan fingerprint density at radius 3 is 2.77 bits per heavy atom. The molecule has 0 aliphatic heterocycles. The Hall–Kier alpha value is -3.08. The highest BCUT2D eigenvalue weighted by Gasteiger charge is 2.07. The second-order valence-electron chi connectivity index (χ2n) is 4.72. The van der Waals surface area contributed by atoms with Gasteiger partial charge < -0.3 is 15.2 Å². The molecule has 2 aromatic carbocycles. The van der Waals surface area contributed by atoms with Crippen molar-refractivity contribution >= 4 is 22.5 Å². The fourth-order valence-electron chi connectivity index (χ4n) is 2.06. The molecule has 0 aliphatic carbocycles. The number of nitrogens with one attached hydrogen (secondary N) is 1. The van der Waals surface area contributed by atoms with E-state index < -0.39 is 0 Å². The van der Waals surface area contributed by atoms with Crippen molar-refractivity contribution in [3.63, 3.8) is 0 Å². The van der Waals surface area contributed by atoms with Gasteiger partial charge in [-0.3, -0.25) is 9.78 Å². The molecule has 0 radical (unpaired) electrons. The normalized spacial score (nSPS) is 10.4. The number of aromatic nitrogens is 1. The first-order chi connectivity index (χ1) is 10.7. The lowest BCUT2D eigenvalue weighted by Crippen LogP contribution is -2.20. The minimum atomic E-state index is -0.319. The summed E-state index contributed by atoms with van der Waals surface area (Å²) in [6, 6.07) is 16.0. The molecule has 1 amide bonds. The number of ether oxygens (including phenoxy) is 1. The second kappa shape index (κ2) is 6.13. The van der Waals surface area contributed by atoms with E-state index in [2.05, 4.69) is 10.3 Å². The number of carbonyl (C=O) groups excluding carboxylic acids is 1. The SMILES string of the molecule is O=C(COc1ccccc1O)Nc1cnc2ccccc2c1. The van der Waals surface area contributed by atoms with Gasteiger partial charge in [0.25, 0.3) is 5.91 Å². The third-order valence-corrected chi connectivity index (χ3v) is 3.10. The molecular formula is C17H14N2O3. The van der Waals surface area contributed by atoms with Crippen molar-refractivity contribution in [2.24, 2.45) is 0 Å². The Morgan fingerprint density at radius 1 is 1.14 bits per heavy atom. The molecule has 5 nitrogen and oxygen atoms in total. The number of amides is 1. The number of pyridine rings is 1. The van der Waals surface area contributed by atoms with Gasteiger partial charge >= 0.3 is 0 Å². The Kier molecular flexibility index (Phi) is 3.87. The number of benzene rings is 2. The fourth-order valence-corrected chi connectivity index (χ4v) is 2.06. The highest BCUT2D eigenvalue weighted by molar-refractivity contribution is 5.94. The molecule has 22 heavy (non-hydrogen) atoms. The minimum Gasteiger partial charge on any atom is -0.504 e. The maximum atomic E-state index is 11.9. The zero-order valence-corrected chi connectivity index (χ0v) is 11.7. The Morgan fingerprint density at radius 2 is 1.91 bits per heavy atom. The van der Waals surface area contributed by atoms with E-state index in [0.29, 0.717) is 5.69 Å². The summed E-state index contributed by atoms with van der Waals surface area (Å²) in [4.78, 5) is 16.2. The number of phenols is 1. The first-order valence-corrected chi connectivity index (χ1v) is 6.78. The maximum Gasteiger partial charge on any atom is 0.262 e. The van der Waals surface area contributed by atoms with Crippen molar-refractivity contribution in [2.45, 2.75) is 0 Å². The lowest BCUT2D eigenvalue weighted by Gasteiger charge is -2.09. The van der Waals surface area contributed by atoms with Crippen molar-refractivity contribution < 1.29 is 14.6 Å². The van der Waals surface area contributed by atoms with Crippen LogP contribution in [0.15, 0.2) is 60.8 Å². The lowest BCUT2D eigenvalue weighted by molar-refractivity contribution is -0.118. The van der Waals surface area contributed by atoms with Gasteiger partial charge in [0.15, 0.2) is 18.1 Å². The smallest absolute Gasteiger partial charge is 0.262 e. The van der Waals surface area contributed by atoms with Gasteiger partial charge in [0.2, 0.25) is 0 Å². The van der Waals surface area contributed by atoms with Gasteiger partial charge in [-0.2, -0.15) is 0 Å². The molecule has 3 rings (SSSR count). The van der Waals surface area contributed by atoms with Crippen LogP contribution in [0.5, 0.6) is 11.5 Å². The Labute approximate surface area is 127 Å². The molecule has 2 N–H and O–H groups in total. The van der Waals surface area contributed by atoms with E-state index in [-0.39, 0.29) is 24.0 Å². The van der Waals surface area contributed by atoms with Gasteiger partial charge in [-0.25, -0.2) is 0 Å². The van der Waals surface area contributed by atoms with Crippen molar-refractivity contribution in [3.05, 3.63) is 60.8 Å². The second-order valence-corrected chi connectivity index (χ2v) is 4.72. The van der Waals surface area contributed by atoms with Crippen LogP contribution < -0.4 is 10.1 Å². The zero-order chi connectivity index (χ0) is 15.4. The molecule has 1 aromatic heterocycles. The molecular weight excluding hydrogens is 280 g/mol. The monoisotopic (exact) mass is 294 g/mol. The molecule has 3 aromatic rings. The van der Waals surface area contributed by atoms with Crippen LogP contribution in [-0.2, 0) is 4.79 Å². The number of phenolic OH excluding ortho intramolecular Hbond substituents is 1. The lowest BCUT2D eigenvalue weighted by atomic mass is 10.2. The third kappa shape index (κ3) is 3.15. The summed E-state index contributed by atoms with van der Waals surface area (Å²) >= 11 is 0. The molecule has 1 heterocycles. The molecule has 0 aliphatic rings. The van der Waals surface area contributed by atoms with Gasteiger partial charge in [-0.05, 0) is 24.3 Å². The summed E-state index contributed by atoms with van der Waals surface area (Å²) < 4.78 is 5.28. The van der Waals surface area contributed by atoms with Crippen molar-refractivity contribution in [3.8, 4) is 11.5 Å². The number of aromatic hydroxyl groups is 1. The first-order valence-electron chi connectivity index (χ1n) is 6.78. The van der Waals surface area contributed by atoms with Gasteiger partial charge in [-0.1, -0.05) is 30.3 Å². The van der Waals surface area contributed by atoms with Crippen LogP contribution in [0, 0.1) is 0 Å². The summed E-state index contributed by atoms with van der Waals surface area (Å²) in [5, 5.41) is 13.2. The van der Waals surface area contributed by atoms with E-state index in [1.165, 1.54) is 6.07 Å². The van der Waals surface area contributed by atoms with E-state index in [4.69, 9.17) is 4.74 Å². The third-order valence-electron chi connectivity index (χ3n) is 3.10. The number of hydrogen-bond acceptors (Lipinski definition) is 4. The van der Waals surface area contributed by atoms with Crippen LogP contribution in [0.25, 0.3) is 10.9 Å². The average molecular weight is 294 g/mol. The topological polar surface area (TPSA) is 71.5 Å². The van der Waals surface area contributed by atoms with E-state index in [0.717, 1.165) is 10.9 Å². The van der Waals surface area contributed by atoms with Gasteiger partial charge in [0, 0.05) is 5.39 Å². The first kappa shape index (κ1) is 13.9. The Bertz CT molecular complexity index is 818. The van der Waals surface area contributed by atoms with Crippen LogP contribution in [0.4, 0.5) is 5.69 Å². The van der Waals surface area contributed by atoms with Crippen LogP contribution in [0.3, 0.4) is 0 Å². The number of fused-ring (bicyclic) bond motifs is 1. The van der Waals surface area contributed by atoms with Gasteiger partial charge in [-0.15, -0.1) is 0 Å². The summed E-state index contributed by atoms with van der Waals surface area (Å²) in [6.45, 7) is -0.190. The van der Waals surface area contributed by atoms with Crippen molar-refractivity contribution in [1.82, 2.24) is 4.98 Å². The minimum absolute atomic E-state index is 0.00247. The van der Waals surface area contributed by atoms with Crippen LogP contribution in [-0.4, -0.2) is 22.6 Å². The summed E-state index contributed by atoms with van der Waals surface area (Å²) in [7, 11) is 0. The molecule has 0 bridgehead atoms. The molecule has 0 atom stereocenters. The van der Waals surface area contributed by atoms with E-state index >= 15 is 0 Å². The average Bonchev–Trinajstić information content (AvgIpc) is 2.54. The predicted molar refractivity (Wildman–Crippen MR) is 84.0 cm³/mol. The number of carbonyl (C=O) groups is 1. The van der Waals surface area contributed by atoms with E-state index in [1.807, 2.05) is 30.3 Å². The number of rotatable bonds is 4. The standard InChI is InChI=1S/C17H14N2O3/c20-15-7-3-4-8-16(15)22-11-17(21)19-13-9-12-5-1-2-6-14(12)18-10-13/h1-10,20H,11H2,(H,19,21). The number of hydrogen-bond donors (Lipinski definition) is 2. The van der Waals surface area contributed by atoms with Crippen LogP contribution >= 0.6 is 0 Å². The molecule has 5 heteroatoms. The predicted octanol–water partition coefficient (Wildman–Crippen LogP) is 2.96. The van der Waals surface area contributed by atoms with E-state index in [9.17, 15) is 9.90 Å². The van der Waals surface area contributed by atoms with Crippen LogP contribution in [0.1, 0.15) is 0 Å². The Balaban J connectivity index is 1.64. The molecule has 0 saturated heterocycles. The zero-order valence-electron chi connectivity index (χ0n) is 11.7. The number of para-hydroxylation sites is 3.